The van der Waals surface area contributed by atoms with E-state index >= 15 is 0 Å². The molecule has 4 rings (SSSR count). The van der Waals surface area contributed by atoms with Gasteiger partial charge < -0.3 is 20.4 Å². The predicted octanol–water partition coefficient (Wildman–Crippen LogP) is 0.976. The number of carbonyl (C=O) groups is 4. The standard InChI is InChI=1S/C18H23N3O4.C2HF3O2/c1-9(2)8-20-4-3-10(16(20)22)5-11-6-12-7-19-13-14(12)21(17(13)23)15(11)18(24)25;3-2(4,5)1(6)7/h5,9,12-14,19H,3-4,6-8H2,1-2H3,(H,24,25);(H,6,7)/b10-5+;/t12-,13+,14-;/m1./s1. The van der Waals surface area contributed by atoms with Crippen LogP contribution in [0.5, 0.6) is 0 Å². The van der Waals surface area contributed by atoms with Crippen molar-refractivity contribution < 1.29 is 42.6 Å². The molecule has 0 saturated carbocycles. The lowest BCUT2D eigenvalue weighted by Crippen LogP contribution is -2.68. The van der Waals surface area contributed by atoms with Crippen LogP contribution in [0.2, 0.25) is 0 Å². The van der Waals surface area contributed by atoms with Crippen molar-refractivity contribution in [1.29, 1.82) is 0 Å². The first-order chi connectivity index (χ1) is 14.8. The van der Waals surface area contributed by atoms with Crippen LogP contribution in [0, 0.1) is 11.8 Å². The van der Waals surface area contributed by atoms with E-state index in [1.807, 2.05) is 4.90 Å². The second-order valence-electron chi connectivity index (χ2n) is 8.60. The summed E-state index contributed by atoms with van der Waals surface area (Å²) in [7, 11) is 0. The quantitative estimate of drug-likeness (QED) is 0.422. The molecule has 0 spiro atoms. The van der Waals surface area contributed by atoms with Crippen LogP contribution in [-0.2, 0) is 19.2 Å². The fourth-order valence-electron chi connectivity index (χ4n) is 4.58. The van der Waals surface area contributed by atoms with Gasteiger partial charge in [-0.15, -0.1) is 0 Å². The zero-order chi connectivity index (χ0) is 24.0. The molecule has 0 aliphatic carbocycles. The smallest absolute Gasteiger partial charge is 0.477 e. The zero-order valence-corrected chi connectivity index (χ0v) is 17.5. The summed E-state index contributed by atoms with van der Waals surface area (Å²) >= 11 is 0. The molecule has 4 heterocycles. The number of amides is 2. The van der Waals surface area contributed by atoms with Crippen LogP contribution in [0.4, 0.5) is 13.2 Å². The van der Waals surface area contributed by atoms with Gasteiger partial charge in [0.05, 0.1) is 6.04 Å². The molecule has 3 atom stereocenters. The molecule has 0 aromatic carbocycles. The molecule has 0 unspecified atom stereocenters. The Labute approximate surface area is 181 Å². The van der Waals surface area contributed by atoms with Crippen molar-refractivity contribution in [2.45, 2.75) is 44.9 Å². The summed E-state index contributed by atoms with van der Waals surface area (Å²) in [5.74, 6) is -3.40. The Morgan fingerprint density at radius 3 is 2.41 bits per heavy atom. The van der Waals surface area contributed by atoms with Crippen molar-refractivity contribution in [2.24, 2.45) is 11.8 Å². The van der Waals surface area contributed by atoms with Crippen molar-refractivity contribution in [1.82, 2.24) is 15.1 Å². The zero-order valence-electron chi connectivity index (χ0n) is 17.5. The number of halogens is 3. The van der Waals surface area contributed by atoms with E-state index in [0.717, 1.165) is 0 Å². The molecule has 4 aliphatic rings. The summed E-state index contributed by atoms with van der Waals surface area (Å²) in [4.78, 5) is 48.8. The first-order valence-corrected chi connectivity index (χ1v) is 10.2. The lowest BCUT2D eigenvalue weighted by molar-refractivity contribution is -0.192. The van der Waals surface area contributed by atoms with Gasteiger partial charge >= 0.3 is 18.1 Å². The molecule has 2 amide bonds. The van der Waals surface area contributed by atoms with E-state index < -0.39 is 18.1 Å². The Hall–Kier alpha value is -2.89. The summed E-state index contributed by atoms with van der Waals surface area (Å²) < 4.78 is 31.7. The maximum Gasteiger partial charge on any atom is 0.490 e. The third-order valence-electron chi connectivity index (χ3n) is 5.85. The van der Waals surface area contributed by atoms with Crippen LogP contribution >= 0.6 is 0 Å². The number of likely N-dealkylation sites (tertiary alicyclic amines) is 1. The molecular formula is C20H24F3N3O6. The fraction of sp³-hybridized carbons (Fsp3) is 0.600. The van der Waals surface area contributed by atoms with Crippen LogP contribution in [0.25, 0.3) is 0 Å². The molecular weight excluding hydrogens is 435 g/mol. The minimum absolute atomic E-state index is 0.00887. The third kappa shape index (κ3) is 4.36. The molecule has 12 heteroatoms. The largest absolute Gasteiger partial charge is 0.490 e. The van der Waals surface area contributed by atoms with Crippen LogP contribution in [0.1, 0.15) is 26.7 Å². The van der Waals surface area contributed by atoms with Gasteiger partial charge in [-0.05, 0) is 36.3 Å². The minimum Gasteiger partial charge on any atom is -0.477 e. The van der Waals surface area contributed by atoms with Crippen LogP contribution < -0.4 is 5.32 Å². The number of carboxylic acids is 2. The first-order valence-electron chi connectivity index (χ1n) is 10.2. The highest BCUT2D eigenvalue weighted by molar-refractivity contribution is 6.02. The second-order valence-corrected chi connectivity index (χ2v) is 8.60. The number of carbonyl (C=O) groups excluding carboxylic acids is 2. The molecule has 4 aliphatic heterocycles. The van der Waals surface area contributed by atoms with Gasteiger partial charge in [0.25, 0.3) is 0 Å². The number of hydrogen-bond acceptors (Lipinski definition) is 5. The number of nitrogens with zero attached hydrogens (tertiary/aromatic N) is 2. The van der Waals surface area contributed by atoms with Crippen LogP contribution in [0.15, 0.2) is 22.9 Å². The number of β-lactam (4-membered cyclic amide) rings is 1. The molecule has 0 aromatic heterocycles. The number of carboxylic acid groups (broad SMARTS) is 2. The van der Waals surface area contributed by atoms with E-state index in [0.29, 0.717) is 49.5 Å². The number of allylic oxidation sites excluding steroid dienone is 2. The highest BCUT2D eigenvalue weighted by Gasteiger charge is 2.59. The normalized spacial score (nSPS) is 28.1. The maximum absolute atomic E-state index is 12.6. The van der Waals surface area contributed by atoms with E-state index in [1.54, 1.807) is 6.08 Å². The maximum atomic E-state index is 12.6. The average Bonchev–Trinajstić information content (AvgIpc) is 3.23. The van der Waals surface area contributed by atoms with Gasteiger partial charge in [-0.3, -0.25) is 14.5 Å². The van der Waals surface area contributed by atoms with E-state index in [2.05, 4.69) is 19.2 Å². The first kappa shape index (κ1) is 23.8. The topological polar surface area (TPSA) is 127 Å². The lowest BCUT2D eigenvalue weighted by atomic mass is 9.79. The summed E-state index contributed by atoms with van der Waals surface area (Å²) in [6, 6.07) is -0.277. The number of aliphatic carboxylic acids is 2. The number of hydrogen-bond donors (Lipinski definition) is 3. The Balaban J connectivity index is 0.000000360. The molecule has 32 heavy (non-hydrogen) atoms. The number of alkyl halides is 3. The predicted molar refractivity (Wildman–Crippen MR) is 103 cm³/mol. The number of nitrogens with one attached hydrogen (secondary N) is 1. The SMILES string of the molecule is CC(C)CN1CC/C(=C\C2=C(C(=O)O)N3C(=O)[C@H]4NC[C@@H](C2)[C@H]43)C1=O.O=C(O)C(F)(F)F. The minimum atomic E-state index is -5.08. The lowest BCUT2D eigenvalue weighted by Gasteiger charge is -2.48. The molecule has 9 nitrogen and oxygen atoms in total. The summed E-state index contributed by atoms with van der Waals surface area (Å²) in [5.41, 5.74) is 1.33. The molecule has 3 N–H and O–H groups in total. The summed E-state index contributed by atoms with van der Waals surface area (Å²) in [5, 5.41) is 20.0. The average molecular weight is 459 g/mol. The molecule has 0 radical (unpaired) electrons. The van der Waals surface area contributed by atoms with Crippen molar-refractivity contribution in [2.75, 3.05) is 19.6 Å². The Bertz CT molecular complexity index is 911. The Morgan fingerprint density at radius 1 is 1.25 bits per heavy atom. The van der Waals surface area contributed by atoms with Gasteiger partial charge in [0.2, 0.25) is 11.8 Å². The van der Waals surface area contributed by atoms with Gasteiger partial charge in [0.1, 0.15) is 11.7 Å². The van der Waals surface area contributed by atoms with E-state index in [-0.39, 0.29) is 35.5 Å². The second kappa shape index (κ2) is 8.57. The van der Waals surface area contributed by atoms with Crippen molar-refractivity contribution in [3.05, 3.63) is 22.9 Å². The Morgan fingerprint density at radius 2 is 1.88 bits per heavy atom. The van der Waals surface area contributed by atoms with Crippen molar-refractivity contribution >= 4 is 23.8 Å². The highest BCUT2D eigenvalue weighted by Crippen LogP contribution is 2.44. The van der Waals surface area contributed by atoms with Gasteiger partial charge in [-0.25, -0.2) is 9.59 Å². The summed E-state index contributed by atoms with van der Waals surface area (Å²) in [6.07, 6.45) is -2.12. The van der Waals surface area contributed by atoms with E-state index in [4.69, 9.17) is 9.90 Å². The van der Waals surface area contributed by atoms with Gasteiger partial charge in [-0.2, -0.15) is 13.2 Å². The van der Waals surface area contributed by atoms with Crippen LogP contribution in [-0.4, -0.2) is 81.7 Å². The third-order valence-corrected chi connectivity index (χ3v) is 5.85. The molecule has 176 valence electrons. The molecule has 0 aromatic rings. The number of rotatable bonds is 4. The van der Waals surface area contributed by atoms with Gasteiger partial charge in [-0.1, -0.05) is 13.8 Å². The fourth-order valence-corrected chi connectivity index (χ4v) is 4.58. The molecule has 0 bridgehead atoms. The van der Waals surface area contributed by atoms with Gasteiger partial charge in [0.15, 0.2) is 0 Å². The Kier molecular flexibility index (Phi) is 6.36. The molecule has 3 saturated heterocycles. The molecule has 3 fully saturated rings. The van der Waals surface area contributed by atoms with Gasteiger partial charge in [0, 0.05) is 25.2 Å². The highest BCUT2D eigenvalue weighted by atomic mass is 19.4. The van der Waals surface area contributed by atoms with Crippen molar-refractivity contribution in [3.63, 3.8) is 0 Å². The monoisotopic (exact) mass is 459 g/mol. The van der Waals surface area contributed by atoms with E-state index in [1.165, 1.54) is 4.90 Å². The van der Waals surface area contributed by atoms with Crippen LogP contribution in [0.3, 0.4) is 0 Å². The van der Waals surface area contributed by atoms with E-state index in [9.17, 15) is 32.7 Å². The van der Waals surface area contributed by atoms with Crippen molar-refractivity contribution in [3.8, 4) is 0 Å². The summed E-state index contributed by atoms with van der Waals surface area (Å²) in [6.45, 7) is 6.24.